The second-order valence-electron chi connectivity index (χ2n) is 10.1. The predicted molar refractivity (Wildman–Crippen MR) is 133 cm³/mol. The first-order valence-electron chi connectivity index (χ1n) is 12.3. The summed E-state index contributed by atoms with van der Waals surface area (Å²) in [5.41, 5.74) is 1.23. The number of likely N-dealkylation sites (tertiary alicyclic amines) is 2. The fraction of sp³-hybridized carbons (Fsp3) is 0.500. The monoisotopic (exact) mass is 564 g/mol. The fourth-order valence-corrected chi connectivity index (χ4v) is 7.55. The molecule has 3 fully saturated rings. The normalized spacial score (nSPS) is 34.2. The van der Waals surface area contributed by atoms with Gasteiger partial charge >= 0.3 is 5.97 Å². The van der Waals surface area contributed by atoms with Crippen LogP contribution in [0.5, 0.6) is 5.75 Å². The molecule has 0 bridgehead atoms. The summed E-state index contributed by atoms with van der Waals surface area (Å²) in [7, 11) is 1.32. The lowest BCUT2D eigenvalue weighted by Crippen LogP contribution is -2.60. The molecule has 2 N–H and O–H groups in total. The number of carboxylic acids is 1. The van der Waals surface area contributed by atoms with Crippen LogP contribution in [0.3, 0.4) is 0 Å². The highest BCUT2D eigenvalue weighted by molar-refractivity contribution is 6.53. The van der Waals surface area contributed by atoms with Gasteiger partial charge in [-0.05, 0) is 36.5 Å². The number of rotatable bonds is 7. The minimum Gasteiger partial charge on any atom is -0.491 e. The first-order valence-corrected chi connectivity index (χ1v) is 13.0. The number of aliphatic hydroxyl groups is 1. The summed E-state index contributed by atoms with van der Waals surface area (Å²) < 4.78 is 5.44. The maximum atomic E-state index is 13.5. The molecule has 0 radical (unpaired) electrons. The van der Waals surface area contributed by atoms with E-state index < -0.39 is 63.0 Å². The Morgan fingerprint density at radius 1 is 1.08 bits per heavy atom. The molecule has 2 saturated heterocycles. The third-order valence-corrected chi connectivity index (χ3v) is 9.64. The third-order valence-electron chi connectivity index (χ3n) is 8.23. The number of allylic oxidation sites excluding steroid dienone is 2. The van der Waals surface area contributed by atoms with Crippen molar-refractivity contribution in [3.8, 4) is 5.75 Å². The molecule has 38 heavy (non-hydrogen) atoms. The van der Waals surface area contributed by atoms with Gasteiger partial charge in [0.2, 0.25) is 11.8 Å². The van der Waals surface area contributed by atoms with E-state index in [9.17, 15) is 24.0 Å². The van der Waals surface area contributed by atoms with E-state index in [4.69, 9.17) is 38.2 Å². The molecule has 202 valence electrons. The number of alkyl halides is 2. The first-order chi connectivity index (χ1) is 18.0. The molecule has 6 atom stereocenters. The Hall–Kier alpha value is -2.95. The summed E-state index contributed by atoms with van der Waals surface area (Å²) in [6.07, 6.45) is 1.52. The Balaban J connectivity index is 1.60. The van der Waals surface area contributed by atoms with Crippen molar-refractivity contribution >= 4 is 52.8 Å². The molecule has 0 aromatic heterocycles. The Morgan fingerprint density at radius 2 is 1.76 bits per heavy atom. The Morgan fingerprint density at radius 3 is 2.39 bits per heavy atom. The lowest BCUT2D eigenvalue weighted by atomic mass is 9.56. The summed E-state index contributed by atoms with van der Waals surface area (Å²) in [5, 5.41) is 18.1. The molecule has 2 aliphatic carbocycles. The zero-order chi connectivity index (χ0) is 27.6. The van der Waals surface area contributed by atoms with E-state index in [0.717, 1.165) is 9.80 Å². The number of amides is 4. The molecule has 12 heteroatoms. The van der Waals surface area contributed by atoms with Crippen molar-refractivity contribution in [2.75, 3.05) is 26.8 Å². The van der Waals surface area contributed by atoms with Gasteiger partial charge in [-0.25, -0.2) is 0 Å². The maximum absolute atomic E-state index is 13.5. The van der Waals surface area contributed by atoms with Gasteiger partial charge in [-0.3, -0.25) is 33.8 Å². The average molecular weight is 565 g/mol. The number of carbonyl (C=O) groups is 5. The molecule has 4 aliphatic rings. The van der Waals surface area contributed by atoms with Crippen LogP contribution in [-0.4, -0.2) is 86.2 Å². The topological polar surface area (TPSA) is 142 Å². The van der Waals surface area contributed by atoms with Gasteiger partial charge in [0.05, 0.1) is 24.9 Å². The number of hydrogen-bond acceptors (Lipinski definition) is 7. The van der Waals surface area contributed by atoms with Crippen LogP contribution >= 0.6 is 23.2 Å². The van der Waals surface area contributed by atoms with Gasteiger partial charge in [0, 0.05) is 19.5 Å². The molecule has 10 nitrogen and oxygen atoms in total. The third kappa shape index (κ3) is 3.60. The van der Waals surface area contributed by atoms with Crippen LogP contribution in [0.1, 0.15) is 30.7 Å². The summed E-state index contributed by atoms with van der Waals surface area (Å²) >= 11 is 14.2. The highest BCUT2D eigenvalue weighted by Gasteiger charge is 2.75. The molecule has 2 aliphatic heterocycles. The summed E-state index contributed by atoms with van der Waals surface area (Å²) in [5.74, 6) is -6.04. The lowest BCUT2D eigenvalue weighted by Gasteiger charge is -2.50. The molecule has 0 spiro atoms. The van der Waals surface area contributed by atoms with E-state index in [1.54, 1.807) is 24.3 Å². The number of nitrogens with zero attached hydrogens (tertiary/aromatic N) is 2. The first kappa shape index (κ1) is 26.6. The number of imide groups is 2. The number of carboxylic acid groups (broad SMARTS) is 1. The van der Waals surface area contributed by atoms with Crippen LogP contribution in [-0.2, 0) is 24.0 Å². The number of aliphatic hydroxyl groups excluding tert-OH is 1. The molecular formula is C26H26Cl2N2O8. The number of halogens is 2. The lowest BCUT2D eigenvalue weighted by molar-refractivity contribution is -0.143. The molecule has 4 amide bonds. The number of ether oxygens (including phenoxy) is 1. The Bertz CT molecular complexity index is 1270. The molecule has 0 unspecified atom stereocenters. The van der Waals surface area contributed by atoms with E-state index in [1.165, 1.54) is 7.05 Å². The van der Waals surface area contributed by atoms with Gasteiger partial charge in [0.15, 0.2) is 9.75 Å². The fourth-order valence-electron chi connectivity index (χ4n) is 6.53. The number of hydrogen-bond donors (Lipinski definition) is 2. The van der Waals surface area contributed by atoms with Gasteiger partial charge in [0.1, 0.15) is 12.4 Å². The van der Waals surface area contributed by atoms with Gasteiger partial charge in [-0.15, -0.1) is 23.2 Å². The van der Waals surface area contributed by atoms with E-state index in [1.807, 2.05) is 6.08 Å². The van der Waals surface area contributed by atoms with E-state index >= 15 is 0 Å². The van der Waals surface area contributed by atoms with Crippen LogP contribution in [0, 0.1) is 17.8 Å². The predicted octanol–water partition coefficient (Wildman–Crippen LogP) is 1.52. The molecule has 1 aromatic carbocycles. The van der Waals surface area contributed by atoms with Crippen molar-refractivity contribution in [2.24, 2.45) is 17.8 Å². The molecule has 1 aromatic rings. The summed E-state index contributed by atoms with van der Waals surface area (Å²) in [6.45, 7) is -0.317. The van der Waals surface area contributed by atoms with Gasteiger partial charge < -0.3 is 14.9 Å². The van der Waals surface area contributed by atoms with E-state index in [0.29, 0.717) is 16.9 Å². The molecule has 1 saturated carbocycles. The quantitative estimate of drug-likeness (QED) is 0.288. The standard InChI is InChI=1S/C26H26Cl2N2O8/c1-29-23(36)25(27)12-17-15(6-7-16-19(17)22(35)30(21(16)34)9-8-18(32)33)20(26(25,28)24(29)37)13-2-4-14(5-3-13)38-11-10-31/h2-6,16-17,19-20,31H,7-12H2,1H3,(H,32,33)/t16-,17+,19-,20-,25+,26-/m0/s1. The smallest absolute Gasteiger partial charge is 0.305 e. The van der Waals surface area contributed by atoms with Crippen molar-refractivity contribution in [3.63, 3.8) is 0 Å². The zero-order valence-corrected chi connectivity index (χ0v) is 21.9. The van der Waals surface area contributed by atoms with Crippen LogP contribution in [0.4, 0.5) is 0 Å². The summed E-state index contributed by atoms with van der Waals surface area (Å²) in [4.78, 5) is 62.8. The largest absolute Gasteiger partial charge is 0.491 e. The zero-order valence-electron chi connectivity index (χ0n) is 20.4. The van der Waals surface area contributed by atoms with E-state index in [-0.39, 0.29) is 39.0 Å². The van der Waals surface area contributed by atoms with Gasteiger partial charge in [-0.2, -0.15) is 0 Å². The Labute approximate surface area is 228 Å². The van der Waals surface area contributed by atoms with Crippen molar-refractivity contribution in [1.82, 2.24) is 9.80 Å². The number of carbonyl (C=O) groups excluding carboxylic acids is 4. The summed E-state index contributed by atoms with van der Waals surface area (Å²) in [6, 6.07) is 6.70. The Kier molecular flexibility index (Phi) is 6.56. The van der Waals surface area contributed by atoms with Gasteiger partial charge in [0.25, 0.3) is 11.8 Å². The molecule has 2 heterocycles. The second-order valence-corrected chi connectivity index (χ2v) is 11.4. The van der Waals surface area contributed by atoms with Crippen LogP contribution in [0.2, 0.25) is 0 Å². The molecule has 5 rings (SSSR count). The van der Waals surface area contributed by atoms with Crippen LogP contribution in [0.15, 0.2) is 35.9 Å². The number of fused-ring (bicyclic) bond motifs is 4. The van der Waals surface area contributed by atoms with Crippen molar-refractivity contribution in [2.45, 2.75) is 34.9 Å². The van der Waals surface area contributed by atoms with Crippen molar-refractivity contribution in [3.05, 3.63) is 41.5 Å². The van der Waals surface area contributed by atoms with Crippen LogP contribution < -0.4 is 4.74 Å². The van der Waals surface area contributed by atoms with E-state index in [2.05, 4.69) is 0 Å². The second kappa shape index (κ2) is 9.36. The minimum atomic E-state index is -1.88. The molecular weight excluding hydrogens is 539 g/mol. The SMILES string of the molecule is CN1C(=O)[C@]2(Cl)C[C@@H]3C(=CC[C@@H]4C(=O)N(CCC(=O)O)C(=O)[C@@H]43)[C@H](c3ccc(OCCO)cc3)[C@]2(Cl)C1=O. The highest BCUT2D eigenvalue weighted by atomic mass is 35.5. The minimum absolute atomic E-state index is 0.0929. The number of aliphatic carboxylic acids is 1. The van der Waals surface area contributed by atoms with Crippen LogP contribution in [0.25, 0.3) is 0 Å². The maximum Gasteiger partial charge on any atom is 0.305 e. The number of benzene rings is 1. The average Bonchev–Trinajstić information content (AvgIpc) is 3.21. The van der Waals surface area contributed by atoms with Gasteiger partial charge in [-0.1, -0.05) is 23.8 Å². The highest BCUT2D eigenvalue weighted by Crippen LogP contribution is 2.65. The van der Waals surface area contributed by atoms with Crippen molar-refractivity contribution in [1.29, 1.82) is 0 Å². The van der Waals surface area contributed by atoms with Crippen molar-refractivity contribution < 1.29 is 38.9 Å².